The fourth-order valence-electron chi connectivity index (χ4n) is 4.50. The Kier molecular flexibility index (Phi) is 4.50. The number of H-pyrrole nitrogens is 1. The number of nitrogens with one attached hydrogen (secondary N) is 1. The van der Waals surface area contributed by atoms with E-state index in [0.29, 0.717) is 11.3 Å². The Hall–Kier alpha value is -3.06. The summed E-state index contributed by atoms with van der Waals surface area (Å²) in [6.45, 7) is 2.76. The van der Waals surface area contributed by atoms with Gasteiger partial charge in [0.25, 0.3) is 5.56 Å². The number of carbonyl (C=O) groups is 1. The summed E-state index contributed by atoms with van der Waals surface area (Å²) in [6, 6.07) is 6.17. The van der Waals surface area contributed by atoms with Gasteiger partial charge in [-0.3, -0.25) is 4.79 Å². The van der Waals surface area contributed by atoms with E-state index in [4.69, 9.17) is 0 Å². The number of fused-ring (bicyclic) bond motifs is 5. The molecule has 1 aliphatic rings. The summed E-state index contributed by atoms with van der Waals surface area (Å²) < 4.78 is 2.18. The second-order valence-electron chi connectivity index (χ2n) is 8.17. The van der Waals surface area contributed by atoms with Crippen LogP contribution in [0, 0.1) is 0 Å². The van der Waals surface area contributed by atoms with Crippen LogP contribution in [0.15, 0.2) is 23.0 Å². The van der Waals surface area contributed by atoms with E-state index >= 15 is 0 Å². The molecule has 0 radical (unpaired) electrons. The fourth-order valence-corrected chi connectivity index (χ4v) is 4.50. The number of aromatic hydroxyl groups is 1. The van der Waals surface area contributed by atoms with E-state index in [2.05, 4.69) is 20.5 Å². The Morgan fingerprint density at radius 1 is 1.34 bits per heavy atom. The number of carboxylic acids is 1. The zero-order valence-electron chi connectivity index (χ0n) is 17.0. The highest BCUT2D eigenvalue weighted by molar-refractivity contribution is 5.95. The van der Waals surface area contributed by atoms with Gasteiger partial charge in [-0.15, -0.1) is 0 Å². The molecule has 1 aliphatic carbocycles. The molecule has 0 fully saturated rings. The molecule has 152 valence electrons. The molecule has 0 amide bonds. The number of aryl methyl sites for hydroxylation is 2. The van der Waals surface area contributed by atoms with Gasteiger partial charge in [-0.25, -0.2) is 4.79 Å². The van der Waals surface area contributed by atoms with Gasteiger partial charge >= 0.3 is 5.97 Å². The van der Waals surface area contributed by atoms with E-state index < -0.39 is 22.8 Å². The lowest BCUT2D eigenvalue weighted by atomic mass is 9.93. The maximum absolute atomic E-state index is 12.4. The largest absolute Gasteiger partial charge is 0.506 e. The topological polar surface area (TPSA) is 98.6 Å². The van der Waals surface area contributed by atoms with Crippen molar-refractivity contribution in [3.63, 3.8) is 0 Å². The predicted molar refractivity (Wildman–Crippen MR) is 112 cm³/mol. The minimum atomic E-state index is -1.42. The Morgan fingerprint density at radius 3 is 2.72 bits per heavy atom. The maximum Gasteiger partial charge on any atom is 0.345 e. The molecule has 7 heteroatoms. The van der Waals surface area contributed by atoms with E-state index in [1.54, 1.807) is 0 Å². The van der Waals surface area contributed by atoms with Crippen LogP contribution in [0.4, 0.5) is 0 Å². The molecule has 4 rings (SSSR count). The SMILES string of the molecule is CC1CCc2c(ccc3c2cc(CN(C)C)n3C)-c2[nH]c(=O)c(C(=O)O)c(O)c21. The molecule has 7 nitrogen and oxygen atoms in total. The molecule has 0 saturated heterocycles. The normalized spacial score (nSPS) is 16.0. The van der Waals surface area contributed by atoms with Gasteiger partial charge in [-0.1, -0.05) is 13.0 Å². The van der Waals surface area contributed by atoms with Crippen molar-refractivity contribution < 1.29 is 15.0 Å². The fraction of sp³-hybridized carbons (Fsp3) is 0.364. The lowest BCUT2D eigenvalue weighted by molar-refractivity contribution is 0.0691. The van der Waals surface area contributed by atoms with Gasteiger partial charge in [-0.05, 0) is 50.6 Å². The number of nitrogens with zero attached hydrogens (tertiary/aromatic N) is 2. The first-order valence-corrected chi connectivity index (χ1v) is 9.68. The molecule has 0 spiro atoms. The van der Waals surface area contributed by atoms with E-state index in [1.807, 2.05) is 40.2 Å². The number of hydrogen-bond donors (Lipinski definition) is 3. The van der Waals surface area contributed by atoms with Crippen molar-refractivity contribution in [1.29, 1.82) is 0 Å². The van der Waals surface area contributed by atoms with Crippen molar-refractivity contribution >= 4 is 16.9 Å². The van der Waals surface area contributed by atoms with E-state index in [9.17, 15) is 19.8 Å². The van der Waals surface area contributed by atoms with Crippen LogP contribution in [0.1, 0.15) is 46.4 Å². The average Bonchev–Trinajstić information content (AvgIpc) is 2.85. The van der Waals surface area contributed by atoms with Crippen LogP contribution in [-0.2, 0) is 20.0 Å². The first-order valence-electron chi connectivity index (χ1n) is 9.68. The van der Waals surface area contributed by atoms with Gasteiger partial charge in [0.1, 0.15) is 5.75 Å². The highest BCUT2D eigenvalue weighted by atomic mass is 16.4. The zero-order valence-corrected chi connectivity index (χ0v) is 17.0. The second-order valence-corrected chi connectivity index (χ2v) is 8.17. The number of carboxylic acid groups (broad SMARTS) is 1. The van der Waals surface area contributed by atoms with Crippen LogP contribution >= 0.6 is 0 Å². The number of benzene rings is 1. The highest BCUT2D eigenvalue weighted by Crippen LogP contribution is 2.43. The Labute approximate surface area is 168 Å². The first kappa shape index (κ1) is 19.3. The molecule has 0 bridgehead atoms. The van der Waals surface area contributed by atoms with Gasteiger partial charge in [0, 0.05) is 41.3 Å². The second kappa shape index (κ2) is 6.77. The number of rotatable bonds is 3. The van der Waals surface area contributed by atoms with Crippen molar-refractivity contribution in [2.75, 3.05) is 14.1 Å². The molecule has 0 aliphatic heterocycles. The zero-order chi connectivity index (χ0) is 21.0. The number of aromatic nitrogens is 2. The van der Waals surface area contributed by atoms with Crippen molar-refractivity contribution in [3.8, 4) is 17.0 Å². The number of aromatic amines is 1. The molecule has 29 heavy (non-hydrogen) atoms. The van der Waals surface area contributed by atoms with Crippen LogP contribution in [0.2, 0.25) is 0 Å². The van der Waals surface area contributed by atoms with Gasteiger partial charge in [0.2, 0.25) is 0 Å². The minimum absolute atomic E-state index is 0.0904. The molecule has 2 aromatic heterocycles. The quantitative estimate of drug-likeness (QED) is 0.633. The molecule has 1 atom stereocenters. The summed E-state index contributed by atoms with van der Waals surface area (Å²) in [6.07, 6.45) is 1.52. The summed E-state index contributed by atoms with van der Waals surface area (Å²) in [5.74, 6) is -1.93. The average molecular weight is 395 g/mol. The van der Waals surface area contributed by atoms with Gasteiger partial charge in [0.05, 0.1) is 5.69 Å². The van der Waals surface area contributed by atoms with Gasteiger partial charge in [-0.2, -0.15) is 0 Å². The third-order valence-corrected chi connectivity index (χ3v) is 5.95. The molecule has 3 aromatic rings. The standard InChI is InChI=1S/C22H25N3O4/c1-11-5-6-13-14(19-17(11)20(26)18(22(28)29)21(27)23-19)7-8-16-15(13)9-12(25(16)4)10-24(2)3/h7-9,11H,5-6,10H2,1-4H3,(H,28,29)(H2,23,26,27). The lowest BCUT2D eigenvalue weighted by Crippen LogP contribution is -2.20. The Morgan fingerprint density at radius 2 is 2.07 bits per heavy atom. The third-order valence-electron chi connectivity index (χ3n) is 5.95. The molecule has 2 heterocycles. The summed E-state index contributed by atoms with van der Waals surface area (Å²) in [5, 5.41) is 21.1. The molecule has 1 aromatic carbocycles. The summed E-state index contributed by atoms with van der Waals surface area (Å²) in [7, 11) is 6.11. The number of hydrogen-bond acceptors (Lipinski definition) is 4. The summed E-state index contributed by atoms with van der Waals surface area (Å²) >= 11 is 0. The predicted octanol–water partition coefficient (Wildman–Crippen LogP) is 3.05. The highest BCUT2D eigenvalue weighted by Gasteiger charge is 2.29. The Balaban J connectivity index is 2.03. The molecule has 0 saturated carbocycles. The lowest BCUT2D eigenvalue weighted by Gasteiger charge is -2.16. The molecular weight excluding hydrogens is 370 g/mol. The van der Waals surface area contributed by atoms with Crippen molar-refractivity contribution in [2.45, 2.75) is 32.2 Å². The van der Waals surface area contributed by atoms with Gasteiger partial charge < -0.3 is 24.7 Å². The van der Waals surface area contributed by atoms with Crippen LogP contribution in [-0.4, -0.2) is 44.7 Å². The smallest absolute Gasteiger partial charge is 0.345 e. The number of pyridine rings is 1. The third kappa shape index (κ3) is 2.93. The van der Waals surface area contributed by atoms with Crippen molar-refractivity contribution in [3.05, 3.63) is 50.9 Å². The van der Waals surface area contributed by atoms with Crippen LogP contribution in [0.3, 0.4) is 0 Å². The molecule has 1 unspecified atom stereocenters. The van der Waals surface area contributed by atoms with Gasteiger partial charge in [0.15, 0.2) is 5.56 Å². The molecule has 3 N–H and O–H groups in total. The monoisotopic (exact) mass is 395 g/mol. The van der Waals surface area contributed by atoms with E-state index in [1.165, 1.54) is 5.69 Å². The molecular formula is C22H25N3O4. The summed E-state index contributed by atoms with van der Waals surface area (Å²) in [5.41, 5.74) is 3.93. The maximum atomic E-state index is 12.4. The van der Waals surface area contributed by atoms with Crippen LogP contribution in [0.5, 0.6) is 5.75 Å². The van der Waals surface area contributed by atoms with Crippen molar-refractivity contribution in [1.82, 2.24) is 14.5 Å². The van der Waals surface area contributed by atoms with E-state index in [0.717, 1.165) is 41.4 Å². The first-order chi connectivity index (χ1) is 13.7. The number of aromatic carboxylic acids is 1. The van der Waals surface area contributed by atoms with Crippen LogP contribution < -0.4 is 5.56 Å². The van der Waals surface area contributed by atoms with Crippen molar-refractivity contribution in [2.24, 2.45) is 7.05 Å². The minimum Gasteiger partial charge on any atom is -0.506 e. The Bertz CT molecular complexity index is 1200. The summed E-state index contributed by atoms with van der Waals surface area (Å²) in [4.78, 5) is 28.8. The van der Waals surface area contributed by atoms with E-state index in [-0.39, 0.29) is 5.92 Å². The van der Waals surface area contributed by atoms with Crippen LogP contribution in [0.25, 0.3) is 22.2 Å².